The molecule has 90 valence electrons. The van der Waals surface area contributed by atoms with Crippen molar-refractivity contribution in [3.8, 4) is 0 Å². The maximum atomic E-state index is 5.46. The van der Waals surface area contributed by atoms with Gasteiger partial charge in [-0.2, -0.15) is 0 Å². The van der Waals surface area contributed by atoms with Crippen LogP contribution in [-0.2, 0) is 17.9 Å². The number of hydrogen-bond donors (Lipinski definition) is 1. The van der Waals surface area contributed by atoms with Crippen LogP contribution in [0.4, 0.5) is 0 Å². The van der Waals surface area contributed by atoms with Gasteiger partial charge in [0.15, 0.2) is 5.76 Å². The third kappa shape index (κ3) is 3.94. The Morgan fingerprint density at radius 3 is 3.19 bits per heavy atom. The summed E-state index contributed by atoms with van der Waals surface area (Å²) in [5.74, 6) is 0.823. The molecule has 0 atom stereocenters. The van der Waals surface area contributed by atoms with Gasteiger partial charge in [-0.05, 0) is 19.3 Å². The Morgan fingerprint density at radius 1 is 1.56 bits per heavy atom. The highest BCUT2D eigenvalue weighted by atomic mass is 16.5. The average Bonchev–Trinajstić information content (AvgIpc) is 3.02. The first-order valence-corrected chi connectivity index (χ1v) is 6.14. The molecule has 1 saturated carbocycles. The Bertz CT molecular complexity index is 308. The molecule has 0 amide bonds. The Morgan fingerprint density at radius 2 is 2.44 bits per heavy atom. The van der Waals surface area contributed by atoms with Crippen LogP contribution in [0.25, 0.3) is 0 Å². The Hall–Kier alpha value is -0.870. The van der Waals surface area contributed by atoms with E-state index in [1.807, 2.05) is 6.07 Å². The molecule has 0 radical (unpaired) electrons. The van der Waals surface area contributed by atoms with Crippen LogP contribution in [0.1, 0.15) is 44.1 Å². The van der Waals surface area contributed by atoms with E-state index in [1.54, 1.807) is 0 Å². The summed E-state index contributed by atoms with van der Waals surface area (Å²) < 4.78 is 10.6. The summed E-state index contributed by atoms with van der Waals surface area (Å²) >= 11 is 0. The molecule has 1 aromatic rings. The van der Waals surface area contributed by atoms with Crippen LogP contribution in [0.3, 0.4) is 0 Å². The fraction of sp³-hybridized carbons (Fsp3) is 0.750. The van der Waals surface area contributed by atoms with E-state index in [1.165, 1.54) is 12.8 Å². The van der Waals surface area contributed by atoms with Crippen LogP contribution in [0.5, 0.6) is 0 Å². The molecule has 16 heavy (non-hydrogen) atoms. The third-order valence-electron chi connectivity index (χ3n) is 2.64. The van der Waals surface area contributed by atoms with Crippen LogP contribution in [0.2, 0.25) is 0 Å². The minimum absolute atomic E-state index is 0.538. The highest BCUT2D eigenvalue weighted by Gasteiger charge is 2.20. The lowest BCUT2D eigenvalue weighted by molar-refractivity contribution is 0.0986. The molecule has 4 heteroatoms. The second-order valence-corrected chi connectivity index (χ2v) is 4.35. The van der Waals surface area contributed by atoms with Crippen molar-refractivity contribution in [1.29, 1.82) is 0 Å². The zero-order valence-electron chi connectivity index (χ0n) is 9.87. The van der Waals surface area contributed by atoms with Gasteiger partial charge in [-0.15, -0.1) is 0 Å². The molecule has 0 unspecified atom stereocenters. The zero-order valence-corrected chi connectivity index (χ0v) is 9.87. The Labute approximate surface area is 96.3 Å². The third-order valence-corrected chi connectivity index (χ3v) is 2.64. The summed E-state index contributed by atoms with van der Waals surface area (Å²) in [4.78, 5) is 0. The first kappa shape index (κ1) is 11.6. The van der Waals surface area contributed by atoms with Crippen molar-refractivity contribution < 1.29 is 9.26 Å². The van der Waals surface area contributed by atoms with Gasteiger partial charge in [0.25, 0.3) is 0 Å². The topological polar surface area (TPSA) is 47.3 Å². The van der Waals surface area contributed by atoms with Gasteiger partial charge in [0.05, 0.1) is 5.69 Å². The smallest absolute Gasteiger partial charge is 0.162 e. The van der Waals surface area contributed by atoms with Crippen LogP contribution in [-0.4, -0.2) is 17.8 Å². The summed E-state index contributed by atoms with van der Waals surface area (Å²) in [5, 5.41) is 7.40. The van der Waals surface area contributed by atoms with Crippen molar-refractivity contribution in [2.75, 3.05) is 6.61 Å². The fourth-order valence-electron chi connectivity index (χ4n) is 1.46. The number of unbranched alkanes of at least 4 members (excludes halogenated alkanes) is 1. The molecule has 0 spiro atoms. The van der Waals surface area contributed by atoms with E-state index in [-0.39, 0.29) is 0 Å². The second kappa shape index (κ2) is 6.01. The van der Waals surface area contributed by atoms with Crippen molar-refractivity contribution in [2.24, 2.45) is 0 Å². The lowest BCUT2D eigenvalue weighted by Gasteiger charge is -1.98. The largest absolute Gasteiger partial charge is 0.373 e. The van der Waals surface area contributed by atoms with Gasteiger partial charge in [0.2, 0.25) is 0 Å². The van der Waals surface area contributed by atoms with Crippen LogP contribution in [0, 0.1) is 0 Å². The molecule has 0 aliphatic heterocycles. The maximum Gasteiger partial charge on any atom is 0.162 e. The molecular formula is C12H20N2O2. The molecule has 1 N–H and O–H groups in total. The monoisotopic (exact) mass is 224 g/mol. The number of nitrogens with one attached hydrogen (secondary N) is 1. The molecule has 4 nitrogen and oxygen atoms in total. The van der Waals surface area contributed by atoms with Gasteiger partial charge in [-0.25, -0.2) is 0 Å². The van der Waals surface area contributed by atoms with Crippen LogP contribution < -0.4 is 5.32 Å². The van der Waals surface area contributed by atoms with E-state index in [2.05, 4.69) is 17.4 Å². The summed E-state index contributed by atoms with van der Waals surface area (Å²) in [6.07, 6.45) is 4.85. The highest BCUT2D eigenvalue weighted by molar-refractivity contribution is 5.04. The molecule has 1 heterocycles. The number of aromatic nitrogens is 1. The number of rotatable bonds is 8. The molecule has 1 fully saturated rings. The van der Waals surface area contributed by atoms with Crippen molar-refractivity contribution in [1.82, 2.24) is 10.5 Å². The van der Waals surface area contributed by atoms with Gasteiger partial charge in [0.1, 0.15) is 6.61 Å². The molecule has 1 aromatic heterocycles. The molecule has 0 aromatic carbocycles. The predicted octanol–water partition coefficient (Wildman–Crippen LogP) is 2.24. The lowest BCUT2D eigenvalue weighted by atomic mass is 10.3. The molecule has 0 saturated heterocycles. The van der Waals surface area contributed by atoms with Crippen molar-refractivity contribution in [2.45, 2.75) is 51.8 Å². The highest BCUT2D eigenvalue weighted by Crippen LogP contribution is 2.19. The van der Waals surface area contributed by atoms with Gasteiger partial charge in [-0.3, -0.25) is 0 Å². The normalized spacial score (nSPS) is 15.6. The minimum Gasteiger partial charge on any atom is -0.373 e. The second-order valence-electron chi connectivity index (χ2n) is 4.35. The molecule has 0 bridgehead atoms. The van der Waals surface area contributed by atoms with E-state index in [4.69, 9.17) is 9.26 Å². The van der Waals surface area contributed by atoms with E-state index < -0.39 is 0 Å². The minimum atomic E-state index is 0.538. The first-order valence-electron chi connectivity index (χ1n) is 6.14. The number of ether oxygens (including phenoxy) is 1. The average molecular weight is 224 g/mol. The molecule has 2 rings (SSSR count). The SMILES string of the molecule is CCCCOCc1cc(CNC2CC2)no1. The summed E-state index contributed by atoms with van der Waals surface area (Å²) in [7, 11) is 0. The summed E-state index contributed by atoms with van der Waals surface area (Å²) in [6, 6.07) is 2.68. The fourth-order valence-corrected chi connectivity index (χ4v) is 1.46. The van der Waals surface area contributed by atoms with Crippen molar-refractivity contribution in [3.63, 3.8) is 0 Å². The van der Waals surface area contributed by atoms with Gasteiger partial charge < -0.3 is 14.6 Å². The molecule has 1 aliphatic carbocycles. The van der Waals surface area contributed by atoms with Gasteiger partial charge in [-0.1, -0.05) is 18.5 Å². The van der Waals surface area contributed by atoms with Crippen LogP contribution >= 0.6 is 0 Å². The quantitative estimate of drug-likeness (QED) is 0.688. The number of hydrogen-bond acceptors (Lipinski definition) is 4. The predicted molar refractivity (Wildman–Crippen MR) is 60.9 cm³/mol. The number of nitrogens with zero attached hydrogens (tertiary/aromatic N) is 1. The van der Waals surface area contributed by atoms with Crippen molar-refractivity contribution >= 4 is 0 Å². The van der Waals surface area contributed by atoms with Crippen LogP contribution in [0.15, 0.2) is 10.6 Å². The van der Waals surface area contributed by atoms with E-state index in [0.29, 0.717) is 12.6 Å². The standard InChI is InChI=1S/C12H20N2O2/c1-2-3-6-15-9-12-7-11(14-16-12)8-13-10-4-5-10/h7,10,13H,2-6,8-9H2,1H3. The zero-order chi connectivity index (χ0) is 11.2. The molecular weight excluding hydrogens is 204 g/mol. The first-order chi connectivity index (χ1) is 7.88. The summed E-state index contributed by atoms with van der Waals surface area (Å²) in [6.45, 7) is 4.30. The maximum absolute atomic E-state index is 5.46. The van der Waals surface area contributed by atoms with Gasteiger partial charge >= 0.3 is 0 Å². The lowest BCUT2D eigenvalue weighted by Crippen LogP contribution is -2.15. The van der Waals surface area contributed by atoms with E-state index in [9.17, 15) is 0 Å². The Kier molecular flexibility index (Phi) is 4.36. The van der Waals surface area contributed by atoms with E-state index in [0.717, 1.165) is 37.4 Å². The Balaban J connectivity index is 1.64. The summed E-state index contributed by atoms with van der Waals surface area (Å²) in [5.41, 5.74) is 0.973. The molecule has 1 aliphatic rings. The van der Waals surface area contributed by atoms with E-state index >= 15 is 0 Å². The van der Waals surface area contributed by atoms with Crippen molar-refractivity contribution in [3.05, 3.63) is 17.5 Å². The van der Waals surface area contributed by atoms with Gasteiger partial charge in [0, 0.05) is 25.3 Å².